The molecule has 0 saturated carbocycles. The number of carbonyl (C=O) groups is 4. The third-order valence-corrected chi connectivity index (χ3v) is 7.91. The molecule has 2 rings (SSSR count). The minimum atomic E-state index is -1.17. The fourth-order valence-corrected chi connectivity index (χ4v) is 5.52. The van der Waals surface area contributed by atoms with Crippen LogP contribution in [0.25, 0.3) is 0 Å². The third-order valence-electron chi connectivity index (χ3n) is 5.47. The normalized spacial score (nSPS) is 33.3. The highest BCUT2D eigenvalue weighted by Gasteiger charge is 2.33. The van der Waals surface area contributed by atoms with Crippen LogP contribution in [0.15, 0.2) is 12.2 Å². The van der Waals surface area contributed by atoms with Crippen LogP contribution in [0.3, 0.4) is 0 Å². The molecule has 4 N–H and O–H groups in total. The monoisotopic (exact) mass is 487 g/mol. The van der Waals surface area contributed by atoms with Gasteiger partial charge in [-0.25, -0.2) is 0 Å². The maximum Gasteiger partial charge on any atom is 0.309 e. The number of rotatable bonds is 2. The Balaban J connectivity index is 2.43. The van der Waals surface area contributed by atoms with Gasteiger partial charge in [-0.1, -0.05) is 47.9 Å². The summed E-state index contributed by atoms with van der Waals surface area (Å²) in [6.07, 6.45) is 2.41. The van der Waals surface area contributed by atoms with Crippen molar-refractivity contribution in [2.24, 2.45) is 5.92 Å². The predicted octanol–water partition coefficient (Wildman–Crippen LogP) is 0.915. The van der Waals surface area contributed by atoms with Crippen LogP contribution in [0.4, 0.5) is 0 Å². The van der Waals surface area contributed by atoms with Crippen LogP contribution in [0, 0.1) is 5.92 Å². The smallest absolute Gasteiger partial charge is 0.309 e. The molecule has 0 aliphatic carbocycles. The van der Waals surface area contributed by atoms with Gasteiger partial charge in [0.25, 0.3) is 0 Å². The quantitative estimate of drug-likeness (QED) is 0.257. The molecule has 180 valence electrons. The molecular weight excluding hydrogens is 454 g/mol. The first-order valence-corrected chi connectivity index (χ1v) is 13.4. The number of hydrogen-bond donors (Lipinski definition) is 4. The molecule has 32 heavy (non-hydrogen) atoms. The van der Waals surface area contributed by atoms with Crippen molar-refractivity contribution in [1.29, 1.82) is 0 Å². The maximum absolute atomic E-state index is 13.1. The number of allylic oxidation sites excluding steroid dienone is 1. The summed E-state index contributed by atoms with van der Waals surface area (Å²) < 4.78 is 5.46. The molecule has 0 aromatic heterocycles. The Morgan fingerprint density at radius 3 is 2.59 bits per heavy atom. The molecule has 2 aliphatic rings. The summed E-state index contributed by atoms with van der Waals surface area (Å²) in [5, 5.41) is 18.9. The van der Waals surface area contributed by atoms with Crippen LogP contribution >= 0.6 is 21.6 Å². The lowest BCUT2D eigenvalue weighted by Crippen LogP contribution is -2.57. The summed E-state index contributed by atoms with van der Waals surface area (Å²) >= 11 is 0. The second-order valence-corrected chi connectivity index (χ2v) is 10.7. The summed E-state index contributed by atoms with van der Waals surface area (Å²) in [6, 6.07) is -2.42. The van der Waals surface area contributed by atoms with E-state index in [1.807, 2.05) is 19.9 Å². The van der Waals surface area contributed by atoms with Crippen LogP contribution in [-0.2, 0) is 23.9 Å². The second kappa shape index (κ2) is 13.1. The van der Waals surface area contributed by atoms with E-state index in [1.165, 1.54) is 17.7 Å². The summed E-state index contributed by atoms with van der Waals surface area (Å²) in [5.74, 6) is -1.09. The van der Waals surface area contributed by atoms with Crippen LogP contribution in [0.1, 0.15) is 46.5 Å². The van der Waals surface area contributed by atoms with Gasteiger partial charge in [-0.05, 0) is 25.3 Å². The zero-order chi connectivity index (χ0) is 23.7. The number of hydrogen-bond acceptors (Lipinski definition) is 8. The number of amides is 3. The van der Waals surface area contributed by atoms with Gasteiger partial charge in [0, 0.05) is 11.5 Å². The number of carbonyl (C=O) groups excluding carboxylic acids is 4. The Bertz CT molecular complexity index is 720. The number of aliphatic hydroxyl groups excluding tert-OH is 1. The Kier molecular flexibility index (Phi) is 10.9. The molecule has 9 nitrogen and oxygen atoms in total. The van der Waals surface area contributed by atoms with Crippen molar-refractivity contribution >= 4 is 45.3 Å². The van der Waals surface area contributed by atoms with E-state index in [0.29, 0.717) is 18.6 Å². The molecule has 1 saturated heterocycles. The average Bonchev–Trinajstić information content (AvgIpc) is 2.73. The van der Waals surface area contributed by atoms with Crippen molar-refractivity contribution < 1.29 is 29.0 Å². The van der Waals surface area contributed by atoms with Crippen molar-refractivity contribution in [1.82, 2.24) is 16.0 Å². The lowest BCUT2D eigenvalue weighted by atomic mass is 9.92. The first-order valence-electron chi connectivity index (χ1n) is 10.9. The van der Waals surface area contributed by atoms with Gasteiger partial charge in [0.1, 0.15) is 18.2 Å². The Morgan fingerprint density at radius 1 is 1.12 bits per heavy atom. The first kappa shape index (κ1) is 26.5. The van der Waals surface area contributed by atoms with E-state index in [1.54, 1.807) is 16.9 Å². The number of fused-ring (bicyclic) bond motifs is 7. The van der Waals surface area contributed by atoms with Crippen molar-refractivity contribution in [3.63, 3.8) is 0 Å². The van der Waals surface area contributed by atoms with Crippen LogP contribution in [0.2, 0.25) is 0 Å². The van der Waals surface area contributed by atoms with E-state index in [0.717, 1.165) is 5.75 Å². The topological polar surface area (TPSA) is 134 Å². The maximum atomic E-state index is 13.1. The van der Waals surface area contributed by atoms with E-state index in [-0.39, 0.29) is 18.8 Å². The van der Waals surface area contributed by atoms with Crippen molar-refractivity contribution in [3.8, 4) is 0 Å². The zero-order valence-electron chi connectivity index (χ0n) is 18.7. The highest BCUT2D eigenvalue weighted by molar-refractivity contribution is 8.76. The van der Waals surface area contributed by atoms with Gasteiger partial charge in [-0.15, -0.1) is 0 Å². The molecule has 0 aromatic carbocycles. The Hall–Kier alpha value is -1.72. The van der Waals surface area contributed by atoms with E-state index in [2.05, 4.69) is 16.0 Å². The Labute approximate surface area is 196 Å². The zero-order valence-corrected chi connectivity index (χ0v) is 20.3. The van der Waals surface area contributed by atoms with Gasteiger partial charge in [-0.3, -0.25) is 19.2 Å². The van der Waals surface area contributed by atoms with E-state index >= 15 is 0 Å². The van der Waals surface area contributed by atoms with Crippen LogP contribution in [-0.4, -0.2) is 70.6 Å². The predicted molar refractivity (Wildman–Crippen MR) is 125 cm³/mol. The lowest BCUT2D eigenvalue weighted by Gasteiger charge is -2.30. The van der Waals surface area contributed by atoms with Gasteiger partial charge >= 0.3 is 5.97 Å². The fraction of sp³-hybridized carbons (Fsp3) is 0.714. The minimum Gasteiger partial charge on any atom is -0.457 e. The second-order valence-electron chi connectivity index (χ2n) is 8.10. The van der Waals surface area contributed by atoms with Crippen molar-refractivity contribution in [3.05, 3.63) is 12.2 Å². The van der Waals surface area contributed by atoms with Gasteiger partial charge in [-0.2, -0.15) is 0 Å². The molecular formula is C21H33N3O6S2. The van der Waals surface area contributed by atoms with E-state index in [9.17, 15) is 24.3 Å². The summed E-state index contributed by atoms with van der Waals surface area (Å²) in [4.78, 5) is 50.7. The summed E-state index contributed by atoms with van der Waals surface area (Å²) in [6.45, 7) is 5.33. The number of aliphatic hydroxyl groups is 1. The minimum absolute atomic E-state index is 0.118. The standard InChI is InChI=1S/C21H33N3O6S2/c1-4-12(2)19-16(25)10-18(27)30-14-7-5-6-8-31-32-11-15(21(29)24-19)23-20(28)13(3)22-17(26)9-14/h5,7,12-16,19,25H,4,6,8-11H2,1-3H3,(H,22,26)(H,23,28)(H,24,29)/b7-5-/t12?,13-,14?,15-,16?,19?/m1/s1. The van der Waals surface area contributed by atoms with Crippen molar-refractivity contribution in [2.45, 2.75) is 76.8 Å². The number of esters is 1. The van der Waals surface area contributed by atoms with Gasteiger partial charge in [0.2, 0.25) is 17.7 Å². The molecule has 3 amide bonds. The lowest BCUT2D eigenvalue weighted by molar-refractivity contribution is -0.151. The van der Waals surface area contributed by atoms with E-state index in [4.69, 9.17) is 4.74 Å². The summed E-state index contributed by atoms with van der Waals surface area (Å²) in [5.41, 5.74) is 0. The van der Waals surface area contributed by atoms with Gasteiger partial charge in [0.15, 0.2) is 0 Å². The SMILES string of the molecule is CCC(C)C1NC(=O)[C@H]2CSSCC/C=C\C(CC(=O)N[C@H](C)C(=O)N2)OC(=O)CC1O. The van der Waals surface area contributed by atoms with Crippen LogP contribution < -0.4 is 16.0 Å². The average molecular weight is 488 g/mol. The fourth-order valence-electron chi connectivity index (χ4n) is 3.37. The van der Waals surface area contributed by atoms with Gasteiger partial charge < -0.3 is 25.8 Å². The highest BCUT2D eigenvalue weighted by atomic mass is 33.1. The molecule has 0 spiro atoms. The number of ether oxygens (including phenoxy) is 1. The summed E-state index contributed by atoms with van der Waals surface area (Å²) in [7, 11) is 3.03. The molecule has 11 heteroatoms. The van der Waals surface area contributed by atoms with Crippen molar-refractivity contribution in [2.75, 3.05) is 11.5 Å². The molecule has 0 aromatic rings. The Morgan fingerprint density at radius 2 is 1.88 bits per heavy atom. The molecule has 6 atom stereocenters. The molecule has 2 bridgehead atoms. The molecule has 2 heterocycles. The largest absolute Gasteiger partial charge is 0.457 e. The van der Waals surface area contributed by atoms with Crippen LogP contribution in [0.5, 0.6) is 0 Å². The number of nitrogens with one attached hydrogen (secondary N) is 3. The highest BCUT2D eigenvalue weighted by Crippen LogP contribution is 2.24. The molecule has 0 radical (unpaired) electrons. The van der Waals surface area contributed by atoms with Gasteiger partial charge in [0.05, 0.1) is 25.0 Å². The van der Waals surface area contributed by atoms with E-state index < -0.39 is 54.0 Å². The molecule has 2 aliphatic heterocycles. The third kappa shape index (κ3) is 8.32. The molecule has 1 fully saturated rings. The first-order chi connectivity index (χ1) is 15.2. The molecule has 4 unspecified atom stereocenters.